The molecule has 0 aromatic rings. The van der Waals surface area contributed by atoms with Crippen LogP contribution in [0.4, 0.5) is 0 Å². The second kappa shape index (κ2) is 7.71. The summed E-state index contributed by atoms with van der Waals surface area (Å²) in [4.78, 5) is 0. The summed E-state index contributed by atoms with van der Waals surface area (Å²) in [6.07, 6.45) is 2.02. The molecule has 0 saturated carbocycles. The van der Waals surface area contributed by atoms with Gasteiger partial charge in [-0.3, -0.25) is 0 Å². The van der Waals surface area contributed by atoms with E-state index in [1.165, 1.54) is 8.88 Å². The van der Waals surface area contributed by atoms with Gasteiger partial charge in [-0.15, -0.1) is 0 Å². The van der Waals surface area contributed by atoms with E-state index >= 15 is 0 Å². The first kappa shape index (κ1) is 10.6. The summed E-state index contributed by atoms with van der Waals surface area (Å²) in [7, 11) is 6.24. The maximum absolute atomic E-state index is 5.01. The number of rotatable bonds is 0. The second-order valence-electron chi connectivity index (χ2n) is 0.768. The minimum atomic E-state index is -0.0210. The topological polar surface area (TPSA) is 0 Å². The van der Waals surface area contributed by atoms with Gasteiger partial charge in [-0.25, -0.2) is 0 Å². The van der Waals surface area contributed by atoms with E-state index in [2.05, 4.69) is 11.2 Å². The zero-order valence-corrected chi connectivity index (χ0v) is 10.2. The van der Waals surface area contributed by atoms with Crippen molar-refractivity contribution >= 4 is 71.5 Å². The molecule has 0 atom stereocenters. The Morgan fingerprint density at radius 2 is 2.11 bits per heavy atom. The van der Waals surface area contributed by atoms with Crippen molar-refractivity contribution in [2.24, 2.45) is 0 Å². The molecule has 0 aliphatic carbocycles. The summed E-state index contributed by atoms with van der Waals surface area (Å²) in [5.74, 6) is 0. The Balaban J connectivity index is 5.45. The first-order valence-corrected chi connectivity index (χ1v) is 10.3. The zero-order chi connectivity index (χ0) is 7.11. The second-order valence-corrected chi connectivity index (χ2v) is 11.6. The van der Waals surface area contributed by atoms with Gasteiger partial charge in [0.25, 0.3) is 0 Å². The van der Waals surface area contributed by atoms with Crippen molar-refractivity contribution in [1.29, 1.82) is 0 Å². The number of hydrogen-bond acceptors (Lipinski definition) is 2. The van der Waals surface area contributed by atoms with Gasteiger partial charge in [0.1, 0.15) is 0 Å². The van der Waals surface area contributed by atoms with E-state index in [0.717, 1.165) is 0 Å². The third-order valence-electron chi connectivity index (χ3n) is 0.343. The summed E-state index contributed by atoms with van der Waals surface area (Å²) in [6.45, 7) is 1.98. The van der Waals surface area contributed by atoms with Crippen LogP contribution in [0.25, 0.3) is 0 Å². The van der Waals surface area contributed by atoms with E-state index in [9.17, 15) is 0 Å². The van der Waals surface area contributed by atoms with Crippen LogP contribution in [0, 0.1) is 0 Å². The van der Waals surface area contributed by atoms with Gasteiger partial charge in [0.15, 0.2) is 0 Å². The molecule has 0 bridgehead atoms. The fourth-order valence-corrected chi connectivity index (χ4v) is 10.6. The van der Waals surface area contributed by atoms with Crippen molar-refractivity contribution in [2.45, 2.75) is 6.82 Å². The SMILES string of the molecule is CB=S(=S)=S=S=S=S=S. The van der Waals surface area contributed by atoms with Gasteiger partial charge in [0, 0.05) is 0 Å². The van der Waals surface area contributed by atoms with Crippen LogP contribution < -0.4 is 0 Å². The Morgan fingerprint density at radius 3 is 2.56 bits per heavy atom. The minimum absolute atomic E-state index is 0.0210. The van der Waals surface area contributed by atoms with Crippen LogP contribution >= 0.6 is 0 Å². The molecule has 0 heterocycles. The monoisotopic (exact) mass is 250 g/mol. The zero-order valence-electron chi connectivity index (χ0n) is 4.44. The molecule has 0 rings (SSSR count). The van der Waals surface area contributed by atoms with Gasteiger partial charge in [0.2, 0.25) is 0 Å². The normalized spacial score (nSPS) is 6.78. The van der Waals surface area contributed by atoms with Crippen LogP contribution in [0.2, 0.25) is 6.82 Å². The Kier molecular flexibility index (Phi) is 9.08. The van der Waals surface area contributed by atoms with Crippen LogP contribution in [-0.4, -0.2) is 6.15 Å². The van der Waals surface area contributed by atoms with Crippen LogP contribution in [0.3, 0.4) is 0 Å². The van der Waals surface area contributed by atoms with Crippen molar-refractivity contribution in [3.8, 4) is 0 Å². The molecular formula is CH3BS7. The maximum atomic E-state index is 5.01. The first-order chi connectivity index (χ1) is 4.31. The third-order valence-corrected chi connectivity index (χ3v) is 11.8. The molecule has 0 amide bonds. The summed E-state index contributed by atoms with van der Waals surface area (Å²) >= 11 is 9.65. The molecule has 0 radical (unpaired) electrons. The molecule has 8 heteroatoms. The first-order valence-electron chi connectivity index (χ1n) is 1.81. The average molecular weight is 250 g/mol. The summed E-state index contributed by atoms with van der Waals surface area (Å²) in [5, 5.41) is 0. The molecule has 0 N–H and O–H groups in total. The average Bonchev–Trinajstić information content (AvgIpc) is 1.89. The Morgan fingerprint density at radius 1 is 1.44 bits per heavy atom. The van der Waals surface area contributed by atoms with Gasteiger partial charge >= 0.3 is 78.3 Å². The van der Waals surface area contributed by atoms with Gasteiger partial charge in [-0.1, -0.05) is 0 Å². The van der Waals surface area contributed by atoms with E-state index < -0.39 is 0 Å². The van der Waals surface area contributed by atoms with Crippen molar-refractivity contribution in [3.63, 3.8) is 0 Å². The standard InChI is InChI=1S/CH3BS7/c1-2-9(4)8-7-6-5-3/h1H3. The van der Waals surface area contributed by atoms with Gasteiger partial charge in [-0.2, -0.15) is 0 Å². The van der Waals surface area contributed by atoms with E-state index in [0.29, 0.717) is 0 Å². The van der Waals surface area contributed by atoms with Gasteiger partial charge < -0.3 is 0 Å². The predicted molar refractivity (Wildman–Crippen MR) is 63.2 cm³/mol. The summed E-state index contributed by atoms with van der Waals surface area (Å²) < 4.78 is 0. The molecule has 0 saturated heterocycles. The third kappa shape index (κ3) is 7.50. The molecule has 0 fully saturated rings. The van der Waals surface area contributed by atoms with Crippen LogP contribution in [-0.2, 0) is 65.3 Å². The van der Waals surface area contributed by atoms with Crippen molar-refractivity contribution in [3.05, 3.63) is 0 Å². The summed E-state index contributed by atoms with van der Waals surface area (Å²) in [5.41, 5.74) is 0. The molecule has 0 aliphatic heterocycles. The Bertz CT molecular complexity index is 336. The molecule has 0 unspecified atom stereocenters. The molecule has 0 aromatic carbocycles. The molecule has 9 heavy (non-hydrogen) atoms. The fourth-order valence-electron chi connectivity index (χ4n) is 0.0893. The molecule has 0 spiro atoms. The molecular weight excluding hydrogens is 247 g/mol. The van der Waals surface area contributed by atoms with E-state index in [4.69, 9.17) is 11.2 Å². The fraction of sp³-hybridized carbons (Fsp3) is 1.00. The van der Waals surface area contributed by atoms with Crippen molar-refractivity contribution < 1.29 is 0 Å². The van der Waals surface area contributed by atoms with E-state index in [-0.39, 0.29) is 7.44 Å². The van der Waals surface area contributed by atoms with Gasteiger partial charge in [0.05, 0.1) is 0 Å². The van der Waals surface area contributed by atoms with E-state index in [1.807, 2.05) is 13.0 Å². The predicted octanol–water partition coefficient (Wildman–Crippen LogP) is 0.186. The van der Waals surface area contributed by atoms with Crippen LogP contribution in [0.15, 0.2) is 0 Å². The quantitative estimate of drug-likeness (QED) is 0.563. The molecule has 0 aliphatic rings. The van der Waals surface area contributed by atoms with Crippen LogP contribution in [0.5, 0.6) is 0 Å². The molecule has 52 valence electrons. The van der Waals surface area contributed by atoms with Crippen molar-refractivity contribution in [1.82, 2.24) is 0 Å². The molecule has 0 nitrogen and oxygen atoms in total. The summed E-state index contributed by atoms with van der Waals surface area (Å²) in [6, 6.07) is 0. The Hall–Kier alpha value is 1.60. The van der Waals surface area contributed by atoms with Gasteiger partial charge in [-0.05, 0) is 0 Å². The van der Waals surface area contributed by atoms with Crippen molar-refractivity contribution in [2.75, 3.05) is 0 Å². The molecule has 0 aromatic heterocycles. The van der Waals surface area contributed by atoms with Crippen LogP contribution in [0.1, 0.15) is 0 Å². The number of hydrogen-bond donors (Lipinski definition) is 0. The van der Waals surface area contributed by atoms with E-state index in [1.54, 1.807) is 26.6 Å². The Labute approximate surface area is 77.4 Å².